The maximum Gasteiger partial charge on any atom is 0.255 e. The summed E-state index contributed by atoms with van der Waals surface area (Å²) in [6.45, 7) is 2.64. The summed E-state index contributed by atoms with van der Waals surface area (Å²) >= 11 is 0. The van der Waals surface area contributed by atoms with Crippen LogP contribution in [0, 0.1) is 5.41 Å². The van der Waals surface area contributed by atoms with Crippen molar-refractivity contribution in [2.24, 2.45) is 10.5 Å². The van der Waals surface area contributed by atoms with Gasteiger partial charge in [0, 0.05) is 0 Å². The molecule has 6 nitrogen and oxygen atoms in total. The minimum absolute atomic E-state index is 0.109. The van der Waals surface area contributed by atoms with Crippen LogP contribution >= 0.6 is 0 Å². The number of benzene rings is 1. The maximum absolute atomic E-state index is 12.1. The molecule has 2 aliphatic rings. The van der Waals surface area contributed by atoms with Crippen LogP contribution in [0.1, 0.15) is 13.3 Å². The van der Waals surface area contributed by atoms with E-state index in [9.17, 15) is 9.59 Å². The lowest BCUT2D eigenvalue weighted by Crippen LogP contribution is -2.53. The molecule has 0 saturated carbocycles. The summed E-state index contributed by atoms with van der Waals surface area (Å²) in [4.78, 5) is 24.0. The van der Waals surface area contributed by atoms with E-state index in [0.29, 0.717) is 24.7 Å². The fraction of sp³-hybridized carbons (Fsp3) is 0.357. The number of hydrogen-bond donors (Lipinski definition) is 1. The molecule has 0 aromatic heterocycles. The van der Waals surface area contributed by atoms with E-state index in [-0.39, 0.29) is 18.2 Å². The van der Waals surface area contributed by atoms with Gasteiger partial charge in [-0.2, -0.15) is 10.1 Å². The molecule has 1 aromatic rings. The molecule has 0 unspecified atom stereocenters. The summed E-state index contributed by atoms with van der Waals surface area (Å²) in [5.74, 6) is 0.0868. The van der Waals surface area contributed by atoms with Gasteiger partial charge in [-0.15, -0.1) is 0 Å². The lowest BCUT2D eigenvalue weighted by Gasteiger charge is -2.36. The Balaban J connectivity index is 1.72. The third-order valence-corrected chi connectivity index (χ3v) is 3.42. The van der Waals surface area contributed by atoms with Gasteiger partial charge in [0.15, 0.2) is 0 Å². The average Bonchev–Trinajstić information content (AvgIpc) is 2.77. The van der Waals surface area contributed by atoms with Gasteiger partial charge in [0.05, 0.1) is 30.7 Å². The zero-order valence-electron chi connectivity index (χ0n) is 11.1. The van der Waals surface area contributed by atoms with Crippen LogP contribution in [-0.4, -0.2) is 30.9 Å². The highest BCUT2D eigenvalue weighted by Gasteiger charge is 2.42. The van der Waals surface area contributed by atoms with E-state index in [4.69, 9.17) is 4.74 Å². The largest absolute Gasteiger partial charge is 0.379 e. The number of para-hydroxylation sites is 1. The highest BCUT2D eigenvalue weighted by Crippen LogP contribution is 2.27. The molecule has 2 amide bonds. The van der Waals surface area contributed by atoms with Crippen LogP contribution in [0.25, 0.3) is 0 Å². The van der Waals surface area contributed by atoms with Crippen molar-refractivity contribution in [2.75, 3.05) is 18.2 Å². The fourth-order valence-electron chi connectivity index (χ4n) is 2.09. The number of nitrogens with one attached hydrogen (secondary N) is 1. The predicted molar refractivity (Wildman–Crippen MR) is 73.0 cm³/mol. The first-order valence-electron chi connectivity index (χ1n) is 6.43. The lowest BCUT2D eigenvalue weighted by atomic mass is 9.87. The van der Waals surface area contributed by atoms with Crippen molar-refractivity contribution in [1.82, 2.24) is 5.32 Å². The molecule has 1 N–H and O–H groups in total. The molecule has 0 spiro atoms. The Morgan fingerprint density at radius 3 is 2.65 bits per heavy atom. The van der Waals surface area contributed by atoms with Crippen LogP contribution in [-0.2, 0) is 14.3 Å². The zero-order chi connectivity index (χ0) is 14.2. The summed E-state index contributed by atoms with van der Waals surface area (Å²) in [5.41, 5.74) is 0.186. The topological polar surface area (TPSA) is 71.0 Å². The number of nitrogens with zero attached hydrogens (tertiary/aromatic N) is 2. The van der Waals surface area contributed by atoms with E-state index in [1.54, 1.807) is 12.1 Å². The number of rotatable bonds is 2. The van der Waals surface area contributed by atoms with Crippen molar-refractivity contribution in [3.05, 3.63) is 30.3 Å². The Morgan fingerprint density at radius 2 is 2.05 bits per heavy atom. The molecule has 0 radical (unpaired) electrons. The van der Waals surface area contributed by atoms with Crippen molar-refractivity contribution >= 4 is 23.3 Å². The van der Waals surface area contributed by atoms with Crippen molar-refractivity contribution in [1.29, 1.82) is 0 Å². The monoisotopic (exact) mass is 273 g/mol. The van der Waals surface area contributed by atoms with E-state index in [0.717, 1.165) is 0 Å². The van der Waals surface area contributed by atoms with E-state index in [1.165, 1.54) is 5.01 Å². The van der Waals surface area contributed by atoms with Crippen molar-refractivity contribution in [3.8, 4) is 0 Å². The highest BCUT2D eigenvalue weighted by molar-refractivity contribution is 6.16. The first-order valence-corrected chi connectivity index (χ1v) is 6.43. The number of amidine groups is 1. The summed E-state index contributed by atoms with van der Waals surface area (Å²) < 4.78 is 5.06. The van der Waals surface area contributed by atoms with Crippen molar-refractivity contribution in [2.45, 2.75) is 13.3 Å². The number of carbonyl (C=O) groups excluding carboxylic acids is 2. The Bertz CT molecular complexity index is 579. The number of carbonyl (C=O) groups is 2. The minimum atomic E-state index is -0.508. The fourth-order valence-corrected chi connectivity index (χ4v) is 2.09. The van der Waals surface area contributed by atoms with Gasteiger partial charge in [-0.3, -0.25) is 9.59 Å². The van der Waals surface area contributed by atoms with Gasteiger partial charge in [-0.25, -0.2) is 0 Å². The van der Waals surface area contributed by atoms with Crippen LogP contribution in [0.3, 0.4) is 0 Å². The molecule has 0 aliphatic carbocycles. The number of amides is 2. The number of hydrogen-bond acceptors (Lipinski definition) is 4. The van der Waals surface area contributed by atoms with Gasteiger partial charge in [0.1, 0.15) is 5.84 Å². The molecule has 2 aliphatic heterocycles. The molecule has 1 saturated heterocycles. The Hall–Kier alpha value is -2.21. The molecule has 0 bridgehead atoms. The van der Waals surface area contributed by atoms with Gasteiger partial charge in [-0.1, -0.05) is 18.2 Å². The Kier molecular flexibility index (Phi) is 3.02. The second-order valence-electron chi connectivity index (χ2n) is 5.27. The number of hydrazone groups is 1. The summed E-state index contributed by atoms with van der Waals surface area (Å²) in [5, 5.41) is 8.21. The molecule has 6 heteroatoms. The van der Waals surface area contributed by atoms with Crippen molar-refractivity contribution in [3.63, 3.8) is 0 Å². The normalized spacial score (nSPS) is 20.4. The summed E-state index contributed by atoms with van der Waals surface area (Å²) in [6, 6.07) is 9.14. The Labute approximate surface area is 116 Å². The smallest absolute Gasteiger partial charge is 0.255 e. The van der Waals surface area contributed by atoms with Gasteiger partial charge in [0.2, 0.25) is 5.91 Å². The molecule has 20 heavy (non-hydrogen) atoms. The van der Waals surface area contributed by atoms with E-state index >= 15 is 0 Å². The van der Waals surface area contributed by atoms with E-state index in [1.807, 2.05) is 25.1 Å². The standard InChI is InChI=1S/C14H15N3O3/c1-14(8-20-9-14)13(19)15-11-7-12(18)17(16-11)10-5-3-2-4-6-10/h2-6H,7-9H2,1H3,(H,15,16,19). The molecule has 1 fully saturated rings. The molecular weight excluding hydrogens is 258 g/mol. The van der Waals surface area contributed by atoms with Crippen LogP contribution < -0.4 is 10.3 Å². The highest BCUT2D eigenvalue weighted by atomic mass is 16.5. The molecular formula is C14H15N3O3. The predicted octanol–water partition coefficient (Wildman–Crippen LogP) is 0.890. The summed E-state index contributed by atoms with van der Waals surface area (Å²) in [6.07, 6.45) is 0.109. The Morgan fingerprint density at radius 1 is 1.35 bits per heavy atom. The van der Waals surface area contributed by atoms with Crippen LogP contribution in [0.4, 0.5) is 5.69 Å². The van der Waals surface area contributed by atoms with Gasteiger partial charge in [0.25, 0.3) is 5.91 Å². The van der Waals surface area contributed by atoms with Gasteiger partial charge >= 0.3 is 0 Å². The van der Waals surface area contributed by atoms with E-state index in [2.05, 4.69) is 10.4 Å². The third kappa shape index (κ3) is 2.18. The van der Waals surface area contributed by atoms with Crippen molar-refractivity contribution < 1.29 is 14.3 Å². The minimum Gasteiger partial charge on any atom is -0.379 e. The second kappa shape index (κ2) is 4.72. The van der Waals surface area contributed by atoms with Crippen LogP contribution in [0.2, 0.25) is 0 Å². The molecule has 1 aromatic carbocycles. The quantitative estimate of drug-likeness (QED) is 0.870. The lowest BCUT2D eigenvalue weighted by molar-refractivity contribution is -0.156. The second-order valence-corrected chi connectivity index (χ2v) is 5.27. The summed E-state index contributed by atoms with van der Waals surface area (Å²) in [7, 11) is 0. The average molecular weight is 273 g/mol. The van der Waals surface area contributed by atoms with Gasteiger partial charge < -0.3 is 10.1 Å². The first kappa shape index (κ1) is 12.8. The zero-order valence-corrected chi connectivity index (χ0v) is 11.1. The molecule has 104 valence electrons. The number of anilines is 1. The SMILES string of the molecule is CC1(C(=O)NC2=NN(c3ccccc3)C(=O)C2)COC1. The maximum atomic E-state index is 12.1. The molecule has 0 atom stereocenters. The van der Waals surface area contributed by atoms with Crippen LogP contribution in [0.15, 0.2) is 35.4 Å². The van der Waals surface area contributed by atoms with Crippen LogP contribution in [0.5, 0.6) is 0 Å². The van der Waals surface area contributed by atoms with Gasteiger partial charge in [-0.05, 0) is 19.1 Å². The third-order valence-electron chi connectivity index (χ3n) is 3.42. The molecule has 3 rings (SSSR count). The molecule has 2 heterocycles. The number of ether oxygens (including phenoxy) is 1. The first-order chi connectivity index (χ1) is 9.58. The van der Waals surface area contributed by atoms with E-state index < -0.39 is 5.41 Å².